The van der Waals surface area contributed by atoms with Gasteiger partial charge in [0, 0.05) is 24.0 Å². The lowest BCUT2D eigenvalue weighted by Crippen LogP contribution is -2.16. The Labute approximate surface area is 84.3 Å². The van der Waals surface area contributed by atoms with Crippen molar-refractivity contribution in [1.82, 2.24) is 15.3 Å². The first-order valence-electron chi connectivity index (χ1n) is 5.10. The SMILES string of the molecule is C(=Cc1cncnc1)CCNC1CC1. The van der Waals surface area contributed by atoms with Crippen molar-refractivity contribution in [3.05, 3.63) is 30.4 Å². The van der Waals surface area contributed by atoms with E-state index in [4.69, 9.17) is 0 Å². The average Bonchev–Trinajstić information content (AvgIpc) is 3.03. The first-order chi connectivity index (χ1) is 6.95. The maximum Gasteiger partial charge on any atom is 0.115 e. The molecule has 0 aromatic carbocycles. The van der Waals surface area contributed by atoms with Crippen LogP contribution in [0.4, 0.5) is 0 Å². The second-order valence-corrected chi connectivity index (χ2v) is 3.59. The van der Waals surface area contributed by atoms with E-state index in [0.29, 0.717) is 0 Å². The van der Waals surface area contributed by atoms with Gasteiger partial charge >= 0.3 is 0 Å². The lowest BCUT2D eigenvalue weighted by atomic mass is 10.3. The maximum atomic E-state index is 3.94. The summed E-state index contributed by atoms with van der Waals surface area (Å²) in [5.41, 5.74) is 1.07. The summed E-state index contributed by atoms with van der Waals surface area (Å²) in [5.74, 6) is 0. The largest absolute Gasteiger partial charge is 0.314 e. The first-order valence-corrected chi connectivity index (χ1v) is 5.10. The highest BCUT2D eigenvalue weighted by molar-refractivity contribution is 5.45. The summed E-state index contributed by atoms with van der Waals surface area (Å²) in [6.45, 7) is 1.08. The van der Waals surface area contributed by atoms with Gasteiger partial charge in [-0.25, -0.2) is 9.97 Å². The Morgan fingerprint density at radius 1 is 1.36 bits per heavy atom. The Kier molecular flexibility index (Phi) is 3.24. The molecule has 3 nitrogen and oxygen atoms in total. The van der Waals surface area contributed by atoms with E-state index in [0.717, 1.165) is 24.6 Å². The Balaban J connectivity index is 1.66. The molecule has 1 aromatic rings. The summed E-state index contributed by atoms with van der Waals surface area (Å²) in [6, 6.07) is 0.809. The predicted octanol–water partition coefficient (Wildman–Crippen LogP) is 1.63. The van der Waals surface area contributed by atoms with Gasteiger partial charge in [-0.2, -0.15) is 0 Å². The number of nitrogens with one attached hydrogen (secondary N) is 1. The van der Waals surface area contributed by atoms with Crippen LogP contribution >= 0.6 is 0 Å². The Morgan fingerprint density at radius 2 is 2.14 bits per heavy atom. The molecule has 1 aliphatic carbocycles. The Bertz CT molecular complexity index is 291. The molecule has 0 spiro atoms. The van der Waals surface area contributed by atoms with E-state index in [1.807, 2.05) is 12.4 Å². The van der Waals surface area contributed by atoms with Crippen LogP contribution in [0.1, 0.15) is 24.8 Å². The van der Waals surface area contributed by atoms with Crippen molar-refractivity contribution in [3.63, 3.8) is 0 Å². The van der Waals surface area contributed by atoms with Gasteiger partial charge in [0.25, 0.3) is 0 Å². The second-order valence-electron chi connectivity index (χ2n) is 3.59. The fourth-order valence-electron chi connectivity index (χ4n) is 1.27. The fraction of sp³-hybridized carbons (Fsp3) is 0.455. The van der Waals surface area contributed by atoms with Crippen LogP contribution in [-0.2, 0) is 0 Å². The summed E-state index contributed by atoms with van der Waals surface area (Å²) >= 11 is 0. The van der Waals surface area contributed by atoms with Crippen molar-refractivity contribution in [2.45, 2.75) is 25.3 Å². The van der Waals surface area contributed by atoms with Crippen LogP contribution in [0, 0.1) is 0 Å². The van der Waals surface area contributed by atoms with Crippen molar-refractivity contribution in [2.75, 3.05) is 6.54 Å². The van der Waals surface area contributed by atoms with E-state index < -0.39 is 0 Å². The molecular weight excluding hydrogens is 174 g/mol. The zero-order chi connectivity index (χ0) is 9.64. The lowest BCUT2D eigenvalue weighted by Gasteiger charge is -1.97. The van der Waals surface area contributed by atoms with Gasteiger partial charge in [-0.1, -0.05) is 12.2 Å². The molecule has 74 valence electrons. The van der Waals surface area contributed by atoms with Crippen molar-refractivity contribution in [2.24, 2.45) is 0 Å². The second kappa shape index (κ2) is 4.86. The van der Waals surface area contributed by atoms with Crippen LogP contribution in [0.25, 0.3) is 6.08 Å². The van der Waals surface area contributed by atoms with Gasteiger partial charge in [0.15, 0.2) is 0 Å². The highest BCUT2D eigenvalue weighted by Crippen LogP contribution is 2.18. The third kappa shape index (κ3) is 3.26. The molecule has 14 heavy (non-hydrogen) atoms. The van der Waals surface area contributed by atoms with Crippen molar-refractivity contribution in [1.29, 1.82) is 0 Å². The molecule has 0 unspecified atom stereocenters. The Hall–Kier alpha value is -1.22. The Morgan fingerprint density at radius 3 is 2.86 bits per heavy atom. The molecule has 1 saturated carbocycles. The van der Waals surface area contributed by atoms with Gasteiger partial charge in [0.2, 0.25) is 0 Å². The molecule has 1 aliphatic rings. The molecule has 2 rings (SSSR count). The molecule has 1 fully saturated rings. The third-order valence-electron chi connectivity index (χ3n) is 2.21. The standard InChI is InChI=1S/C11H15N3/c1(2-6-14-11-4-5-11)3-10-7-12-9-13-8-10/h1,3,7-9,11,14H,2,4-6H2. The zero-order valence-corrected chi connectivity index (χ0v) is 8.19. The van der Waals surface area contributed by atoms with Crippen LogP contribution in [-0.4, -0.2) is 22.6 Å². The molecule has 1 heterocycles. The van der Waals surface area contributed by atoms with Gasteiger partial charge in [0.05, 0.1) is 0 Å². The summed E-state index contributed by atoms with van der Waals surface area (Å²) < 4.78 is 0. The highest BCUT2D eigenvalue weighted by atomic mass is 14.9. The minimum Gasteiger partial charge on any atom is -0.314 e. The minimum absolute atomic E-state index is 0.809. The van der Waals surface area contributed by atoms with E-state index in [2.05, 4.69) is 27.4 Å². The van der Waals surface area contributed by atoms with E-state index >= 15 is 0 Å². The van der Waals surface area contributed by atoms with Crippen LogP contribution in [0.5, 0.6) is 0 Å². The monoisotopic (exact) mass is 189 g/mol. The van der Waals surface area contributed by atoms with Gasteiger partial charge < -0.3 is 5.32 Å². The van der Waals surface area contributed by atoms with Crippen molar-refractivity contribution >= 4 is 6.08 Å². The molecule has 3 heteroatoms. The topological polar surface area (TPSA) is 37.8 Å². The quantitative estimate of drug-likeness (QED) is 0.715. The highest BCUT2D eigenvalue weighted by Gasteiger charge is 2.19. The molecule has 0 saturated heterocycles. The third-order valence-corrected chi connectivity index (χ3v) is 2.21. The number of nitrogens with zero attached hydrogens (tertiary/aromatic N) is 2. The van der Waals surface area contributed by atoms with Gasteiger partial charge in [-0.05, 0) is 25.8 Å². The van der Waals surface area contributed by atoms with Crippen molar-refractivity contribution in [3.8, 4) is 0 Å². The number of hydrogen-bond acceptors (Lipinski definition) is 3. The fourth-order valence-corrected chi connectivity index (χ4v) is 1.27. The zero-order valence-electron chi connectivity index (χ0n) is 8.19. The molecule has 0 radical (unpaired) electrons. The summed E-state index contributed by atoms with van der Waals surface area (Å²) in [5, 5.41) is 3.46. The molecule has 1 N–H and O–H groups in total. The normalized spacial score (nSPS) is 16.3. The van der Waals surface area contributed by atoms with Gasteiger partial charge in [0.1, 0.15) is 6.33 Å². The average molecular weight is 189 g/mol. The first kappa shape index (κ1) is 9.34. The summed E-state index contributed by atoms with van der Waals surface area (Å²) in [4.78, 5) is 7.89. The van der Waals surface area contributed by atoms with Crippen molar-refractivity contribution < 1.29 is 0 Å². The van der Waals surface area contributed by atoms with Crippen LogP contribution in [0.15, 0.2) is 24.8 Å². The summed E-state index contributed by atoms with van der Waals surface area (Å²) in [7, 11) is 0. The summed E-state index contributed by atoms with van der Waals surface area (Å²) in [6.07, 6.45) is 13.2. The maximum absolute atomic E-state index is 3.94. The minimum atomic E-state index is 0.809. The number of hydrogen-bond donors (Lipinski definition) is 1. The van der Waals surface area contributed by atoms with Crippen LogP contribution < -0.4 is 5.32 Å². The van der Waals surface area contributed by atoms with Gasteiger partial charge in [-0.3, -0.25) is 0 Å². The van der Waals surface area contributed by atoms with E-state index in [-0.39, 0.29) is 0 Å². The molecular formula is C11H15N3. The predicted molar refractivity (Wildman–Crippen MR) is 56.7 cm³/mol. The molecule has 1 aromatic heterocycles. The molecule has 0 amide bonds. The van der Waals surface area contributed by atoms with Crippen LogP contribution in [0.2, 0.25) is 0 Å². The van der Waals surface area contributed by atoms with E-state index in [9.17, 15) is 0 Å². The smallest absolute Gasteiger partial charge is 0.115 e. The number of rotatable bonds is 5. The lowest BCUT2D eigenvalue weighted by molar-refractivity contribution is 0.691. The number of aromatic nitrogens is 2. The van der Waals surface area contributed by atoms with Crippen LogP contribution in [0.3, 0.4) is 0 Å². The van der Waals surface area contributed by atoms with E-state index in [1.165, 1.54) is 12.8 Å². The molecule has 0 aliphatic heterocycles. The molecule has 0 bridgehead atoms. The molecule has 0 atom stereocenters. The van der Waals surface area contributed by atoms with E-state index in [1.54, 1.807) is 6.33 Å². The van der Waals surface area contributed by atoms with Gasteiger partial charge in [-0.15, -0.1) is 0 Å².